The Morgan fingerprint density at radius 2 is 1.44 bits per heavy atom. The van der Waals surface area contributed by atoms with E-state index in [-0.39, 0.29) is 12.2 Å². The number of rotatable bonds is 3. The number of nitrogens with zero attached hydrogens (tertiary/aromatic N) is 2. The van der Waals surface area contributed by atoms with Crippen molar-refractivity contribution in [3.63, 3.8) is 0 Å². The lowest BCUT2D eigenvalue weighted by Gasteiger charge is -2.19. The van der Waals surface area contributed by atoms with Gasteiger partial charge in [0.25, 0.3) is 0 Å². The average molecular weight is 235 g/mol. The Morgan fingerprint density at radius 3 is 1.89 bits per heavy atom. The molecule has 0 radical (unpaired) electrons. The first kappa shape index (κ1) is 9.66. The maximum atomic E-state index is 7.60. The predicted octanol–water partition coefficient (Wildman–Crippen LogP) is 3.52. The third kappa shape index (κ3) is 2.05. The summed E-state index contributed by atoms with van der Waals surface area (Å²) in [5.41, 5.74) is 2.37. The highest BCUT2D eigenvalue weighted by atomic mass is 15.0. The van der Waals surface area contributed by atoms with E-state index < -0.39 is 0 Å². The van der Waals surface area contributed by atoms with E-state index in [4.69, 9.17) is 1.37 Å². The molecular formula is C16H14N2. The molecular weight excluding hydrogens is 220 g/mol. The van der Waals surface area contributed by atoms with Gasteiger partial charge in [0.1, 0.15) is 0 Å². The second-order valence-corrected chi connectivity index (χ2v) is 4.17. The second kappa shape index (κ2) is 4.88. The van der Waals surface area contributed by atoms with E-state index in [9.17, 15) is 0 Å². The van der Waals surface area contributed by atoms with E-state index in [0.717, 1.165) is 0 Å². The molecule has 0 amide bonds. The minimum absolute atomic E-state index is 0.0639. The lowest BCUT2D eigenvalue weighted by molar-refractivity contribution is 0.677. The van der Waals surface area contributed by atoms with E-state index in [2.05, 4.69) is 29.2 Å². The summed E-state index contributed by atoms with van der Waals surface area (Å²) in [4.78, 5) is 4.02. The SMILES string of the molecule is [2H]c1cn(C(c2ccccc2)c2ccccc2)cn1. The van der Waals surface area contributed by atoms with Crippen molar-refractivity contribution >= 4 is 0 Å². The minimum atomic E-state index is 0.0639. The van der Waals surface area contributed by atoms with Crippen molar-refractivity contribution in [1.29, 1.82) is 0 Å². The summed E-state index contributed by atoms with van der Waals surface area (Å²) in [6.45, 7) is 0. The molecule has 2 nitrogen and oxygen atoms in total. The maximum absolute atomic E-state index is 7.60. The average Bonchev–Trinajstić information content (AvgIpc) is 2.88. The monoisotopic (exact) mass is 235 g/mol. The molecule has 1 aromatic heterocycles. The van der Waals surface area contributed by atoms with E-state index in [1.165, 1.54) is 11.1 Å². The van der Waals surface area contributed by atoms with Crippen molar-refractivity contribution in [3.05, 3.63) is 90.5 Å². The second-order valence-electron chi connectivity index (χ2n) is 4.17. The molecule has 0 aliphatic rings. The van der Waals surface area contributed by atoms with E-state index in [0.29, 0.717) is 0 Å². The molecule has 0 N–H and O–H groups in total. The van der Waals surface area contributed by atoms with Crippen LogP contribution in [0.3, 0.4) is 0 Å². The molecule has 0 aliphatic heterocycles. The van der Waals surface area contributed by atoms with Gasteiger partial charge in [-0.25, -0.2) is 4.98 Å². The molecule has 0 unspecified atom stereocenters. The summed E-state index contributed by atoms with van der Waals surface area (Å²) in [6.07, 6.45) is 3.76. The van der Waals surface area contributed by atoms with Crippen LogP contribution in [-0.4, -0.2) is 9.55 Å². The molecule has 3 aromatic rings. The van der Waals surface area contributed by atoms with Gasteiger partial charge in [0.2, 0.25) is 0 Å². The lowest BCUT2D eigenvalue weighted by Crippen LogP contribution is -2.10. The Labute approximate surface area is 108 Å². The quantitative estimate of drug-likeness (QED) is 0.679. The van der Waals surface area contributed by atoms with Crippen molar-refractivity contribution in [3.8, 4) is 0 Å². The van der Waals surface area contributed by atoms with E-state index in [1.54, 1.807) is 12.5 Å². The minimum Gasteiger partial charge on any atom is -0.326 e. The molecule has 0 saturated heterocycles. The summed E-state index contributed by atoms with van der Waals surface area (Å²) >= 11 is 0. The van der Waals surface area contributed by atoms with Crippen molar-refractivity contribution in [1.82, 2.24) is 9.55 Å². The highest BCUT2D eigenvalue weighted by molar-refractivity contribution is 5.32. The number of hydrogen-bond acceptors (Lipinski definition) is 1. The van der Waals surface area contributed by atoms with Gasteiger partial charge in [-0.3, -0.25) is 0 Å². The Balaban J connectivity index is 2.11. The number of benzene rings is 2. The number of imidazole rings is 1. The summed E-state index contributed by atoms with van der Waals surface area (Å²) in [6, 6.07) is 20.6. The van der Waals surface area contributed by atoms with E-state index >= 15 is 0 Å². The smallest absolute Gasteiger partial charge is 0.0954 e. The Kier molecular flexibility index (Phi) is 2.62. The van der Waals surface area contributed by atoms with Crippen LogP contribution in [0.2, 0.25) is 0 Å². The van der Waals surface area contributed by atoms with Gasteiger partial charge in [-0.2, -0.15) is 0 Å². The van der Waals surface area contributed by atoms with Gasteiger partial charge in [0.15, 0.2) is 0 Å². The third-order valence-electron chi connectivity index (χ3n) is 3.00. The molecule has 0 spiro atoms. The first-order valence-electron chi connectivity index (χ1n) is 6.44. The first-order chi connectivity index (χ1) is 9.34. The topological polar surface area (TPSA) is 17.8 Å². The fourth-order valence-electron chi connectivity index (χ4n) is 2.18. The van der Waals surface area contributed by atoms with Crippen LogP contribution < -0.4 is 0 Å². The normalized spacial score (nSPS) is 11.5. The molecule has 0 aliphatic carbocycles. The molecule has 2 heteroatoms. The van der Waals surface area contributed by atoms with E-state index in [1.807, 2.05) is 41.0 Å². The van der Waals surface area contributed by atoms with Gasteiger partial charge in [-0.05, 0) is 11.1 Å². The van der Waals surface area contributed by atoms with Gasteiger partial charge in [-0.1, -0.05) is 60.7 Å². The van der Waals surface area contributed by atoms with Crippen molar-refractivity contribution in [2.24, 2.45) is 0 Å². The highest BCUT2D eigenvalue weighted by Gasteiger charge is 2.14. The Bertz CT molecular complexity index is 607. The van der Waals surface area contributed by atoms with Crippen LogP contribution in [0.5, 0.6) is 0 Å². The summed E-state index contributed by atoms with van der Waals surface area (Å²) in [5.74, 6) is 0. The number of aromatic nitrogens is 2. The van der Waals surface area contributed by atoms with Gasteiger partial charge in [-0.15, -0.1) is 0 Å². The molecule has 0 bridgehead atoms. The van der Waals surface area contributed by atoms with Crippen LogP contribution in [0.4, 0.5) is 0 Å². The molecule has 3 rings (SSSR count). The maximum Gasteiger partial charge on any atom is 0.0954 e. The zero-order chi connectivity index (χ0) is 13.1. The lowest BCUT2D eigenvalue weighted by atomic mass is 9.99. The summed E-state index contributed by atoms with van der Waals surface area (Å²) in [5, 5.41) is 0. The van der Waals surface area contributed by atoms with Crippen LogP contribution >= 0.6 is 0 Å². The molecule has 88 valence electrons. The summed E-state index contributed by atoms with van der Waals surface area (Å²) in [7, 11) is 0. The van der Waals surface area contributed by atoms with Crippen molar-refractivity contribution in [2.75, 3.05) is 0 Å². The molecule has 2 aromatic carbocycles. The van der Waals surface area contributed by atoms with Crippen LogP contribution in [0.25, 0.3) is 0 Å². The highest BCUT2D eigenvalue weighted by Crippen LogP contribution is 2.25. The van der Waals surface area contributed by atoms with Crippen molar-refractivity contribution in [2.45, 2.75) is 6.04 Å². The van der Waals surface area contributed by atoms with Gasteiger partial charge >= 0.3 is 0 Å². The van der Waals surface area contributed by atoms with Crippen LogP contribution in [-0.2, 0) is 0 Å². The zero-order valence-electron chi connectivity index (χ0n) is 10.9. The van der Waals surface area contributed by atoms with Gasteiger partial charge < -0.3 is 4.57 Å². The Morgan fingerprint density at radius 1 is 0.889 bits per heavy atom. The third-order valence-corrected chi connectivity index (χ3v) is 3.00. The molecule has 0 fully saturated rings. The van der Waals surface area contributed by atoms with Crippen LogP contribution in [0.1, 0.15) is 18.5 Å². The fraction of sp³-hybridized carbons (Fsp3) is 0.0625. The molecule has 18 heavy (non-hydrogen) atoms. The molecule has 0 atom stereocenters. The largest absolute Gasteiger partial charge is 0.326 e. The zero-order valence-corrected chi connectivity index (χ0v) is 9.90. The standard InChI is InChI=1S/C16H14N2/c1-3-7-14(8-4-1)16(18-12-11-17-13-18)15-9-5-2-6-10-15/h1-13,16H/i11D. The predicted molar refractivity (Wildman–Crippen MR) is 72.4 cm³/mol. The Hall–Kier alpha value is -2.35. The number of hydrogen-bond donors (Lipinski definition) is 0. The van der Waals surface area contributed by atoms with Gasteiger partial charge in [0.05, 0.1) is 13.7 Å². The summed E-state index contributed by atoms with van der Waals surface area (Å²) < 4.78 is 9.58. The fourth-order valence-corrected chi connectivity index (χ4v) is 2.18. The van der Waals surface area contributed by atoms with Gasteiger partial charge in [0, 0.05) is 12.4 Å². The molecule has 0 saturated carbocycles. The van der Waals surface area contributed by atoms with Crippen LogP contribution in [0, 0.1) is 0 Å². The molecule has 1 heterocycles. The van der Waals surface area contributed by atoms with Crippen LogP contribution in [0.15, 0.2) is 79.4 Å². The first-order valence-corrected chi connectivity index (χ1v) is 5.94. The van der Waals surface area contributed by atoms with Crippen molar-refractivity contribution < 1.29 is 1.37 Å².